The van der Waals surface area contributed by atoms with Crippen LogP contribution in [0.25, 0.3) is 0 Å². The first-order chi connectivity index (χ1) is 8.90. The van der Waals surface area contributed by atoms with Crippen LogP contribution in [0, 0.1) is 5.92 Å². The van der Waals surface area contributed by atoms with Crippen molar-refractivity contribution in [1.29, 1.82) is 0 Å². The van der Waals surface area contributed by atoms with Gasteiger partial charge in [0.15, 0.2) is 0 Å². The molecule has 1 atom stereocenters. The minimum atomic E-state index is -0.909. The van der Waals surface area contributed by atoms with Crippen molar-refractivity contribution in [3.8, 4) is 0 Å². The SMILES string of the molecule is CC(CN(C(=O)c1cc(Cl)sc1Cl)C1CC1)C(=O)O. The van der Waals surface area contributed by atoms with E-state index in [-0.39, 0.29) is 18.5 Å². The maximum atomic E-state index is 12.4. The molecule has 1 aliphatic carbocycles. The van der Waals surface area contributed by atoms with Crippen LogP contribution in [-0.4, -0.2) is 34.5 Å². The minimum Gasteiger partial charge on any atom is -0.481 e. The van der Waals surface area contributed by atoms with Gasteiger partial charge in [-0.15, -0.1) is 11.3 Å². The fraction of sp³-hybridized carbons (Fsp3) is 0.500. The molecule has 1 aromatic rings. The summed E-state index contributed by atoms with van der Waals surface area (Å²) in [4.78, 5) is 24.9. The molecule has 19 heavy (non-hydrogen) atoms. The van der Waals surface area contributed by atoms with Crippen LogP contribution < -0.4 is 0 Å². The maximum absolute atomic E-state index is 12.4. The molecule has 0 aliphatic heterocycles. The number of carboxylic acid groups (broad SMARTS) is 1. The van der Waals surface area contributed by atoms with E-state index >= 15 is 0 Å². The fourth-order valence-corrected chi connectivity index (χ4v) is 3.25. The van der Waals surface area contributed by atoms with Crippen LogP contribution in [0.5, 0.6) is 0 Å². The normalized spacial score (nSPS) is 16.2. The molecule has 0 bridgehead atoms. The second-order valence-corrected chi connectivity index (χ2v) is 6.95. The molecule has 1 amide bonds. The summed E-state index contributed by atoms with van der Waals surface area (Å²) >= 11 is 13.0. The standard InChI is InChI=1S/C12H13Cl2NO3S/c1-6(12(17)18)5-15(7-2-3-7)11(16)8-4-9(13)19-10(8)14/h4,6-7H,2-3,5H2,1H3,(H,17,18). The highest BCUT2D eigenvalue weighted by atomic mass is 35.5. The van der Waals surface area contributed by atoms with Crippen molar-refractivity contribution in [3.63, 3.8) is 0 Å². The summed E-state index contributed by atoms with van der Waals surface area (Å²) in [7, 11) is 0. The molecule has 4 nitrogen and oxygen atoms in total. The molecule has 2 rings (SSSR count). The van der Waals surface area contributed by atoms with E-state index in [2.05, 4.69) is 0 Å². The summed E-state index contributed by atoms with van der Waals surface area (Å²) in [5, 5.41) is 8.96. The van der Waals surface area contributed by atoms with E-state index in [9.17, 15) is 9.59 Å². The number of halogens is 2. The number of thiophene rings is 1. The van der Waals surface area contributed by atoms with Crippen molar-refractivity contribution in [3.05, 3.63) is 20.3 Å². The Bertz CT molecular complexity index is 513. The number of carbonyl (C=O) groups excluding carboxylic acids is 1. The molecule has 104 valence electrons. The van der Waals surface area contributed by atoms with Gasteiger partial charge in [0.25, 0.3) is 5.91 Å². The number of nitrogens with zero attached hydrogens (tertiary/aromatic N) is 1. The third-order valence-electron chi connectivity index (χ3n) is 3.03. The Morgan fingerprint density at radius 3 is 2.58 bits per heavy atom. The van der Waals surface area contributed by atoms with Crippen LogP contribution in [0.3, 0.4) is 0 Å². The van der Waals surface area contributed by atoms with E-state index in [0.29, 0.717) is 14.2 Å². The monoisotopic (exact) mass is 321 g/mol. The molecular formula is C12H13Cl2NO3S. The first-order valence-electron chi connectivity index (χ1n) is 5.88. The Morgan fingerprint density at radius 1 is 1.53 bits per heavy atom. The lowest BCUT2D eigenvalue weighted by Gasteiger charge is -2.24. The van der Waals surface area contributed by atoms with Crippen molar-refractivity contribution in [1.82, 2.24) is 4.90 Å². The van der Waals surface area contributed by atoms with Gasteiger partial charge >= 0.3 is 5.97 Å². The van der Waals surface area contributed by atoms with Crippen LogP contribution in [0.2, 0.25) is 8.67 Å². The van der Waals surface area contributed by atoms with E-state index in [1.54, 1.807) is 11.8 Å². The van der Waals surface area contributed by atoms with Gasteiger partial charge in [-0.25, -0.2) is 0 Å². The lowest BCUT2D eigenvalue weighted by molar-refractivity contribution is -0.141. The summed E-state index contributed by atoms with van der Waals surface area (Å²) in [5.74, 6) is -1.74. The van der Waals surface area contributed by atoms with Gasteiger partial charge in [-0.3, -0.25) is 9.59 Å². The number of hydrogen-bond acceptors (Lipinski definition) is 3. The van der Waals surface area contributed by atoms with Gasteiger partial charge in [0.05, 0.1) is 15.8 Å². The quantitative estimate of drug-likeness (QED) is 0.904. The summed E-state index contributed by atoms with van der Waals surface area (Å²) < 4.78 is 0.805. The molecular weight excluding hydrogens is 309 g/mol. The van der Waals surface area contributed by atoms with Gasteiger partial charge in [-0.1, -0.05) is 30.1 Å². The molecule has 7 heteroatoms. The molecule has 1 unspecified atom stereocenters. The molecule has 1 N–H and O–H groups in total. The predicted octanol–water partition coefficient (Wildman–Crippen LogP) is 3.38. The van der Waals surface area contributed by atoms with Crippen LogP contribution in [0.15, 0.2) is 6.07 Å². The van der Waals surface area contributed by atoms with Crippen LogP contribution in [0.4, 0.5) is 0 Å². The fourth-order valence-electron chi connectivity index (χ4n) is 1.80. The third kappa shape index (κ3) is 3.41. The lowest BCUT2D eigenvalue weighted by Crippen LogP contribution is -2.38. The van der Waals surface area contributed by atoms with Gasteiger partial charge in [0, 0.05) is 12.6 Å². The number of rotatable bonds is 5. The molecule has 0 saturated heterocycles. The predicted molar refractivity (Wildman–Crippen MR) is 75.2 cm³/mol. The Balaban J connectivity index is 2.17. The van der Waals surface area contributed by atoms with Crippen molar-refractivity contribution < 1.29 is 14.7 Å². The Morgan fingerprint density at radius 2 is 2.16 bits per heavy atom. The Kier molecular flexibility index (Phi) is 4.38. The van der Waals surface area contributed by atoms with Crippen molar-refractivity contribution in [2.24, 2.45) is 5.92 Å². The molecule has 1 fully saturated rings. The van der Waals surface area contributed by atoms with E-state index < -0.39 is 11.9 Å². The van der Waals surface area contributed by atoms with Crippen LogP contribution in [-0.2, 0) is 4.79 Å². The topological polar surface area (TPSA) is 57.6 Å². The third-order valence-corrected chi connectivity index (χ3v) is 4.52. The highest BCUT2D eigenvalue weighted by Gasteiger charge is 2.36. The summed E-state index contributed by atoms with van der Waals surface area (Å²) in [5.41, 5.74) is 0.362. The van der Waals surface area contributed by atoms with E-state index in [0.717, 1.165) is 24.2 Å². The van der Waals surface area contributed by atoms with Gasteiger partial charge in [0.2, 0.25) is 0 Å². The largest absolute Gasteiger partial charge is 0.481 e. The number of amides is 1. The summed E-state index contributed by atoms with van der Waals surface area (Å²) in [6.07, 6.45) is 1.82. The second kappa shape index (κ2) is 5.69. The smallest absolute Gasteiger partial charge is 0.308 e. The summed E-state index contributed by atoms with van der Waals surface area (Å²) in [6.45, 7) is 1.79. The van der Waals surface area contributed by atoms with Crippen molar-refractivity contribution >= 4 is 46.4 Å². The zero-order chi connectivity index (χ0) is 14.2. The maximum Gasteiger partial charge on any atom is 0.308 e. The average Bonchev–Trinajstić information content (AvgIpc) is 3.10. The number of carboxylic acids is 1. The molecule has 1 aliphatic rings. The first-order valence-corrected chi connectivity index (χ1v) is 7.46. The average molecular weight is 322 g/mol. The molecule has 0 aromatic carbocycles. The number of aliphatic carboxylic acids is 1. The van der Waals surface area contributed by atoms with Crippen molar-refractivity contribution in [2.75, 3.05) is 6.54 Å². The molecule has 1 saturated carbocycles. The Hall–Kier alpha value is -0.780. The number of carbonyl (C=O) groups is 2. The zero-order valence-electron chi connectivity index (χ0n) is 10.2. The Labute approximate surface area is 124 Å². The van der Waals surface area contributed by atoms with Gasteiger partial charge in [-0.05, 0) is 18.9 Å². The van der Waals surface area contributed by atoms with Gasteiger partial charge < -0.3 is 10.0 Å². The minimum absolute atomic E-state index is 0.129. The van der Waals surface area contributed by atoms with Crippen LogP contribution >= 0.6 is 34.5 Å². The van der Waals surface area contributed by atoms with Gasteiger partial charge in [0.1, 0.15) is 4.34 Å². The highest BCUT2D eigenvalue weighted by molar-refractivity contribution is 7.20. The molecule has 0 spiro atoms. The first kappa shape index (κ1) is 14.6. The van der Waals surface area contributed by atoms with Gasteiger partial charge in [-0.2, -0.15) is 0 Å². The second-order valence-electron chi connectivity index (χ2n) is 4.67. The highest BCUT2D eigenvalue weighted by Crippen LogP contribution is 2.35. The molecule has 0 radical (unpaired) electrons. The van der Waals surface area contributed by atoms with E-state index in [1.807, 2.05) is 0 Å². The van der Waals surface area contributed by atoms with Crippen molar-refractivity contribution in [2.45, 2.75) is 25.8 Å². The molecule has 1 heterocycles. The van der Waals surface area contributed by atoms with Crippen LogP contribution in [0.1, 0.15) is 30.1 Å². The summed E-state index contributed by atoms with van der Waals surface area (Å²) in [6, 6.07) is 1.67. The number of hydrogen-bond donors (Lipinski definition) is 1. The molecule has 1 aromatic heterocycles. The lowest BCUT2D eigenvalue weighted by atomic mass is 10.1. The van der Waals surface area contributed by atoms with E-state index in [1.165, 1.54) is 6.07 Å². The van der Waals surface area contributed by atoms with E-state index in [4.69, 9.17) is 28.3 Å². The zero-order valence-corrected chi connectivity index (χ0v) is 12.6.